The highest BCUT2D eigenvalue weighted by Crippen LogP contribution is 2.09. The highest BCUT2D eigenvalue weighted by Gasteiger charge is 2.08. The standard InChI is InChI=1S/C8H15N3O/c1-3-11-5-7(4-10-11)8(6-12)9-2/h4-5,8-9,12H,3,6H2,1-2H3. The molecule has 0 spiro atoms. The summed E-state index contributed by atoms with van der Waals surface area (Å²) in [5.41, 5.74) is 1.03. The highest BCUT2D eigenvalue weighted by molar-refractivity contribution is 5.09. The van der Waals surface area contributed by atoms with E-state index in [-0.39, 0.29) is 12.6 Å². The maximum absolute atomic E-state index is 8.96. The second kappa shape index (κ2) is 4.23. The predicted molar refractivity (Wildman–Crippen MR) is 46.8 cm³/mol. The van der Waals surface area contributed by atoms with E-state index in [0.29, 0.717) is 0 Å². The monoisotopic (exact) mass is 169 g/mol. The number of nitrogens with one attached hydrogen (secondary N) is 1. The molecule has 4 nitrogen and oxygen atoms in total. The molecule has 12 heavy (non-hydrogen) atoms. The van der Waals surface area contributed by atoms with Crippen LogP contribution in [0, 0.1) is 0 Å². The van der Waals surface area contributed by atoms with Crippen molar-refractivity contribution in [2.24, 2.45) is 0 Å². The SMILES string of the molecule is CCn1cc(C(CO)NC)cn1. The van der Waals surface area contributed by atoms with Gasteiger partial charge in [0.25, 0.3) is 0 Å². The third-order valence-corrected chi connectivity index (χ3v) is 1.91. The molecule has 0 bridgehead atoms. The summed E-state index contributed by atoms with van der Waals surface area (Å²) in [5, 5.41) is 16.1. The second-order valence-corrected chi connectivity index (χ2v) is 2.65. The van der Waals surface area contributed by atoms with Crippen LogP contribution in [0.4, 0.5) is 0 Å². The number of aliphatic hydroxyl groups excluding tert-OH is 1. The van der Waals surface area contributed by atoms with E-state index >= 15 is 0 Å². The summed E-state index contributed by atoms with van der Waals surface area (Å²) in [7, 11) is 1.82. The fraction of sp³-hybridized carbons (Fsp3) is 0.625. The van der Waals surface area contributed by atoms with Gasteiger partial charge in [-0.3, -0.25) is 4.68 Å². The average Bonchev–Trinajstić information content (AvgIpc) is 2.55. The van der Waals surface area contributed by atoms with Gasteiger partial charge in [-0.15, -0.1) is 0 Å². The van der Waals surface area contributed by atoms with E-state index in [4.69, 9.17) is 5.11 Å². The van der Waals surface area contributed by atoms with E-state index in [1.165, 1.54) is 0 Å². The smallest absolute Gasteiger partial charge is 0.0627 e. The molecule has 0 saturated carbocycles. The quantitative estimate of drug-likeness (QED) is 0.675. The summed E-state index contributed by atoms with van der Waals surface area (Å²) in [6.45, 7) is 3.00. The van der Waals surface area contributed by atoms with Gasteiger partial charge in [0.05, 0.1) is 18.8 Å². The van der Waals surface area contributed by atoms with E-state index in [0.717, 1.165) is 12.1 Å². The van der Waals surface area contributed by atoms with Crippen LogP contribution >= 0.6 is 0 Å². The molecule has 0 amide bonds. The molecule has 4 heteroatoms. The highest BCUT2D eigenvalue weighted by atomic mass is 16.3. The lowest BCUT2D eigenvalue weighted by Crippen LogP contribution is -2.19. The lowest BCUT2D eigenvalue weighted by atomic mass is 10.2. The van der Waals surface area contributed by atoms with Crippen molar-refractivity contribution in [3.8, 4) is 0 Å². The first-order valence-electron chi connectivity index (χ1n) is 4.12. The molecule has 2 N–H and O–H groups in total. The van der Waals surface area contributed by atoms with Gasteiger partial charge in [-0.1, -0.05) is 0 Å². The average molecular weight is 169 g/mol. The maximum atomic E-state index is 8.96. The van der Waals surface area contributed by atoms with Gasteiger partial charge in [-0.2, -0.15) is 5.10 Å². The van der Waals surface area contributed by atoms with Crippen LogP contribution in [0.15, 0.2) is 12.4 Å². The fourth-order valence-corrected chi connectivity index (χ4v) is 1.10. The zero-order chi connectivity index (χ0) is 8.97. The van der Waals surface area contributed by atoms with Crippen molar-refractivity contribution in [2.75, 3.05) is 13.7 Å². The van der Waals surface area contributed by atoms with Crippen LogP contribution in [-0.2, 0) is 6.54 Å². The molecule has 1 unspecified atom stereocenters. The first-order valence-corrected chi connectivity index (χ1v) is 4.12. The van der Waals surface area contributed by atoms with Crippen molar-refractivity contribution in [2.45, 2.75) is 19.5 Å². The first kappa shape index (κ1) is 9.22. The number of aromatic nitrogens is 2. The van der Waals surface area contributed by atoms with E-state index in [9.17, 15) is 0 Å². The Hall–Kier alpha value is -0.870. The van der Waals surface area contributed by atoms with Crippen LogP contribution < -0.4 is 5.32 Å². The van der Waals surface area contributed by atoms with E-state index in [1.54, 1.807) is 6.20 Å². The molecule has 68 valence electrons. The van der Waals surface area contributed by atoms with Crippen LogP contribution in [-0.4, -0.2) is 28.5 Å². The minimum atomic E-state index is 0.00491. The summed E-state index contributed by atoms with van der Waals surface area (Å²) in [4.78, 5) is 0. The number of aryl methyl sites for hydroxylation is 1. The Kier molecular flexibility index (Phi) is 3.25. The molecular formula is C8H15N3O. The van der Waals surface area contributed by atoms with E-state index in [1.807, 2.05) is 24.9 Å². The van der Waals surface area contributed by atoms with Gasteiger partial charge in [0, 0.05) is 18.3 Å². The Labute approximate surface area is 72.2 Å². The third-order valence-electron chi connectivity index (χ3n) is 1.91. The zero-order valence-corrected chi connectivity index (χ0v) is 7.49. The van der Waals surface area contributed by atoms with Gasteiger partial charge in [0.1, 0.15) is 0 Å². The summed E-state index contributed by atoms with van der Waals surface area (Å²) in [5.74, 6) is 0. The van der Waals surface area contributed by atoms with Gasteiger partial charge in [-0.25, -0.2) is 0 Å². The Morgan fingerprint density at radius 1 is 1.75 bits per heavy atom. The maximum Gasteiger partial charge on any atom is 0.0627 e. The Bertz CT molecular complexity index is 230. The van der Waals surface area contributed by atoms with Crippen LogP contribution in [0.3, 0.4) is 0 Å². The third kappa shape index (κ3) is 1.84. The Morgan fingerprint density at radius 3 is 2.92 bits per heavy atom. The van der Waals surface area contributed by atoms with Gasteiger partial charge in [-0.05, 0) is 14.0 Å². The van der Waals surface area contributed by atoms with Crippen molar-refractivity contribution in [3.05, 3.63) is 18.0 Å². The zero-order valence-electron chi connectivity index (χ0n) is 7.49. The van der Waals surface area contributed by atoms with Crippen LogP contribution in [0.1, 0.15) is 18.5 Å². The minimum Gasteiger partial charge on any atom is -0.394 e. The van der Waals surface area contributed by atoms with Crippen LogP contribution in [0.2, 0.25) is 0 Å². The predicted octanol–water partition coefficient (Wildman–Crippen LogP) is 0.156. The largest absolute Gasteiger partial charge is 0.394 e. The number of rotatable bonds is 4. The lowest BCUT2D eigenvalue weighted by Gasteiger charge is -2.09. The summed E-state index contributed by atoms with van der Waals surface area (Å²) in [6, 6.07) is 0.00491. The molecule has 0 radical (unpaired) electrons. The molecule has 1 rings (SSSR count). The topological polar surface area (TPSA) is 50.1 Å². The van der Waals surface area contributed by atoms with E-state index in [2.05, 4.69) is 10.4 Å². The van der Waals surface area contributed by atoms with Crippen molar-refractivity contribution >= 4 is 0 Å². The second-order valence-electron chi connectivity index (χ2n) is 2.65. The molecule has 1 heterocycles. The van der Waals surface area contributed by atoms with Gasteiger partial charge < -0.3 is 10.4 Å². The normalized spacial score (nSPS) is 13.2. The Balaban J connectivity index is 2.72. The molecule has 1 aromatic heterocycles. The molecule has 0 aliphatic rings. The van der Waals surface area contributed by atoms with E-state index < -0.39 is 0 Å². The van der Waals surface area contributed by atoms with Crippen molar-refractivity contribution in [1.29, 1.82) is 0 Å². The molecular weight excluding hydrogens is 154 g/mol. The lowest BCUT2D eigenvalue weighted by molar-refractivity contribution is 0.251. The van der Waals surface area contributed by atoms with Crippen LogP contribution in [0.25, 0.3) is 0 Å². The fourth-order valence-electron chi connectivity index (χ4n) is 1.10. The molecule has 0 saturated heterocycles. The summed E-state index contributed by atoms with van der Waals surface area (Å²) >= 11 is 0. The van der Waals surface area contributed by atoms with Gasteiger partial charge >= 0.3 is 0 Å². The number of nitrogens with zero attached hydrogens (tertiary/aromatic N) is 2. The minimum absolute atomic E-state index is 0.00491. The van der Waals surface area contributed by atoms with Gasteiger partial charge in [0.15, 0.2) is 0 Å². The molecule has 1 atom stereocenters. The number of hydrogen-bond acceptors (Lipinski definition) is 3. The first-order chi connectivity index (χ1) is 5.81. The molecule has 0 aliphatic carbocycles. The van der Waals surface area contributed by atoms with Crippen molar-refractivity contribution in [3.63, 3.8) is 0 Å². The molecule has 0 aromatic carbocycles. The molecule has 1 aromatic rings. The van der Waals surface area contributed by atoms with Gasteiger partial charge in [0.2, 0.25) is 0 Å². The summed E-state index contributed by atoms with van der Waals surface area (Å²) < 4.78 is 1.84. The van der Waals surface area contributed by atoms with Crippen molar-refractivity contribution in [1.82, 2.24) is 15.1 Å². The van der Waals surface area contributed by atoms with Crippen molar-refractivity contribution < 1.29 is 5.11 Å². The molecule has 0 fully saturated rings. The Morgan fingerprint density at radius 2 is 2.50 bits per heavy atom. The number of likely N-dealkylation sites (N-methyl/N-ethyl adjacent to an activating group) is 1. The molecule has 0 aliphatic heterocycles. The summed E-state index contributed by atoms with van der Waals surface area (Å²) in [6.07, 6.45) is 3.72. The van der Waals surface area contributed by atoms with Crippen LogP contribution in [0.5, 0.6) is 0 Å². The number of aliphatic hydroxyl groups is 1. The number of hydrogen-bond donors (Lipinski definition) is 2.